The Morgan fingerprint density at radius 2 is 1.96 bits per heavy atom. The lowest BCUT2D eigenvalue weighted by molar-refractivity contribution is 0.102. The summed E-state index contributed by atoms with van der Waals surface area (Å²) in [6, 6.07) is 11.9. The Kier molecular flexibility index (Phi) is 4.04. The minimum atomic E-state index is -0.418. The predicted octanol–water partition coefficient (Wildman–Crippen LogP) is 4.30. The van der Waals surface area contributed by atoms with Crippen LogP contribution in [0.25, 0.3) is 22.7 Å². The van der Waals surface area contributed by atoms with E-state index < -0.39 is 11.7 Å². The second-order valence-electron chi connectivity index (χ2n) is 5.99. The van der Waals surface area contributed by atoms with Gasteiger partial charge >= 0.3 is 0 Å². The number of benzene rings is 2. The number of oxazole rings is 1. The summed E-state index contributed by atoms with van der Waals surface area (Å²) < 4.78 is 18.7. The largest absolute Gasteiger partial charge is 0.507 e. The van der Waals surface area contributed by atoms with Gasteiger partial charge < -0.3 is 14.8 Å². The molecule has 7 heteroatoms. The number of aromatic hydroxyl groups is 1. The number of amides is 1. The summed E-state index contributed by atoms with van der Waals surface area (Å²) in [5.74, 6) is -0.618. The Labute approximate surface area is 153 Å². The Bertz CT molecular complexity index is 1120. The van der Waals surface area contributed by atoms with Crippen LogP contribution in [0.1, 0.15) is 15.9 Å². The summed E-state index contributed by atoms with van der Waals surface area (Å²) in [7, 11) is 0. The van der Waals surface area contributed by atoms with Crippen LogP contribution >= 0.6 is 0 Å². The number of phenols is 1. The zero-order chi connectivity index (χ0) is 19.0. The maximum Gasteiger partial charge on any atom is 0.255 e. The number of nitrogens with zero attached hydrogens (tertiary/aromatic N) is 2. The number of carbonyl (C=O) groups excluding carboxylic acids is 1. The Morgan fingerprint density at radius 3 is 2.70 bits per heavy atom. The van der Waals surface area contributed by atoms with Crippen molar-refractivity contribution in [2.45, 2.75) is 6.92 Å². The number of rotatable bonds is 3. The lowest BCUT2D eigenvalue weighted by Gasteiger charge is -2.10. The highest BCUT2D eigenvalue weighted by molar-refractivity contribution is 6.04. The third kappa shape index (κ3) is 3.22. The molecule has 0 radical (unpaired) electrons. The van der Waals surface area contributed by atoms with Crippen LogP contribution in [0, 0.1) is 12.7 Å². The number of carbonyl (C=O) groups is 1. The van der Waals surface area contributed by atoms with Gasteiger partial charge in [0.15, 0.2) is 11.2 Å². The average molecular weight is 363 g/mol. The van der Waals surface area contributed by atoms with Gasteiger partial charge in [0.25, 0.3) is 5.91 Å². The first-order valence-electron chi connectivity index (χ1n) is 8.14. The van der Waals surface area contributed by atoms with E-state index >= 15 is 0 Å². The lowest BCUT2D eigenvalue weighted by atomic mass is 10.1. The normalized spacial score (nSPS) is 10.9. The molecule has 2 aromatic heterocycles. The van der Waals surface area contributed by atoms with E-state index in [1.165, 1.54) is 24.3 Å². The number of hydrogen-bond donors (Lipinski definition) is 2. The number of anilines is 1. The summed E-state index contributed by atoms with van der Waals surface area (Å²) >= 11 is 0. The number of fused-ring (bicyclic) bond motifs is 1. The van der Waals surface area contributed by atoms with Gasteiger partial charge in [-0.25, -0.2) is 9.37 Å². The van der Waals surface area contributed by atoms with Gasteiger partial charge in [-0.15, -0.1) is 0 Å². The van der Waals surface area contributed by atoms with E-state index in [0.29, 0.717) is 33.6 Å². The van der Waals surface area contributed by atoms with Crippen molar-refractivity contribution in [3.05, 3.63) is 71.7 Å². The molecule has 2 aromatic carbocycles. The first kappa shape index (κ1) is 16.7. The molecule has 0 bridgehead atoms. The maximum atomic E-state index is 13.0. The Morgan fingerprint density at radius 1 is 1.19 bits per heavy atom. The van der Waals surface area contributed by atoms with E-state index in [9.17, 15) is 14.3 Å². The first-order chi connectivity index (χ1) is 13.0. The van der Waals surface area contributed by atoms with Crippen molar-refractivity contribution in [2.75, 3.05) is 5.32 Å². The number of hydrogen-bond acceptors (Lipinski definition) is 5. The molecule has 0 aliphatic heterocycles. The molecule has 2 heterocycles. The monoisotopic (exact) mass is 363 g/mol. The van der Waals surface area contributed by atoms with Crippen molar-refractivity contribution in [3.63, 3.8) is 0 Å². The second-order valence-corrected chi connectivity index (χ2v) is 5.99. The fourth-order valence-electron chi connectivity index (χ4n) is 2.70. The van der Waals surface area contributed by atoms with Crippen molar-refractivity contribution in [2.24, 2.45) is 0 Å². The van der Waals surface area contributed by atoms with Crippen LogP contribution in [0.15, 0.2) is 59.1 Å². The standard InChI is InChI=1S/C20H14FN3O3/c1-11-9-14(23-19(26)12-4-6-13(21)7-5-12)10-15(17(11)25)20-24-18-16(27-20)3-2-8-22-18/h2-10,25H,1H3,(H,23,26). The summed E-state index contributed by atoms with van der Waals surface area (Å²) in [5.41, 5.74) is 2.55. The molecule has 4 aromatic rings. The van der Waals surface area contributed by atoms with Crippen LogP contribution in [0.2, 0.25) is 0 Å². The zero-order valence-electron chi connectivity index (χ0n) is 14.2. The van der Waals surface area contributed by atoms with Crippen LogP contribution in [-0.2, 0) is 0 Å². The van der Waals surface area contributed by atoms with Crippen LogP contribution in [0.3, 0.4) is 0 Å². The molecule has 0 aliphatic rings. The highest BCUT2D eigenvalue weighted by Crippen LogP contribution is 2.35. The number of aromatic nitrogens is 2. The van der Waals surface area contributed by atoms with Crippen molar-refractivity contribution < 1.29 is 18.7 Å². The molecular weight excluding hydrogens is 349 g/mol. The van der Waals surface area contributed by atoms with Crippen molar-refractivity contribution in [1.29, 1.82) is 0 Å². The molecule has 134 valence electrons. The molecule has 0 unspecified atom stereocenters. The summed E-state index contributed by atoms with van der Waals surface area (Å²) in [4.78, 5) is 20.8. The van der Waals surface area contributed by atoms with E-state index in [1.54, 1.807) is 37.4 Å². The molecule has 0 fully saturated rings. The first-order valence-corrected chi connectivity index (χ1v) is 8.14. The van der Waals surface area contributed by atoms with Gasteiger partial charge in [0.2, 0.25) is 5.89 Å². The number of halogens is 1. The molecule has 0 atom stereocenters. The molecule has 6 nitrogen and oxygen atoms in total. The Hall–Kier alpha value is -3.74. The molecule has 0 aliphatic carbocycles. The third-order valence-corrected chi connectivity index (χ3v) is 4.06. The molecule has 0 saturated heterocycles. The summed E-state index contributed by atoms with van der Waals surface area (Å²) in [6.07, 6.45) is 1.60. The van der Waals surface area contributed by atoms with E-state index in [4.69, 9.17) is 4.42 Å². The maximum absolute atomic E-state index is 13.0. The van der Waals surface area contributed by atoms with Crippen LogP contribution in [0.4, 0.5) is 10.1 Å². The third-order valence-electron chi connectivity index (χ3n) is 4.06. The number of nitrogens with one attached hydrogen (secondary N) is 1. The number of aryl methyl sites for hydroxylation is 1. The molecule has 27 heavy (non-hydrogen) atoms. The lowest BCUT2D eigenvalue weighted by Crippen LogP contribution is -2.12. The van der Waals surface area contributed by atoms with Gasteiger partial charge in [0, 0.05) is 17.4 Å². The number of pyridine rings is 1. The van der Waals surface area contributed by atoms with Gasteiger partial charge in [-0.2, -0.15) is 4.98 Å². The minimum Gasteiger partial charge on any atom is -0.507 e. The second kappa shape index (κ2) is 6.53. The predicted molar refractivity (Wildman–Crippen MR) is 98.0 cm³/mol. The quantitative estimate of drug-likeness (QED) is 0.530. The summed E-state index contributed by atoms with van der Waals surface area (Å²) in [6.45, 7) is 1.70. The molecule has 1 amide bonds. The van der Waals surface area contributed by atoms with Gasteiger partial charge in [-0.05, 0) is 61.0 Å². The average Bonchev–Trinajstić information content (AvgIpc) is 3.09. The van der Waals surface area contributed by atoms with Crippen molar-refractivity contribution in [1.82, 2.24) is 9.97 Å². The number of phenolic OH excluding ortho intramolecular Hbond substituents is 1. The molecule has 0 saturated carbocycles. The van der Waals surface area contributed by atoms with Gasteiger partial charge in [-0.1, -0.05) is 0 Å². The molecular formula is C20H14FN3O3. The highest BCUT2D eigenvalue weighted by Gasteiger charge is 2.17. The van der Waals surface area contributed by atoms with E-state index in [-0.39, 0.29) is 11.6 Å². The fraction of sp³-hybridized carbons (Fsp3) is 0.0500. The minimum absolute atomic E-state index is 0.00124. The van der Waals surface area contributed by atoms with Crippen molar-refractivity contribution >= 4 is 22.8 Å². The van der Waals surface area contributed by atoms with Gasteiger partial charge in [0.1, 0.15) is 11.6 Å². The van der Waals surface area contributed by atoms with Gasteiger partial charge in [-0.3, -0.25) is 4.79 Å². The smallest absolute Gasteiger partial charge is 0.255 e. The fourth-order valence-corrected chi connectivity index (χ4v) is 2.70. The van der Waals surface area contributed by atoms with Crippen LogP contribution < -0.4 is 5.32 Å². The SMILES string of the molecule is Cc1cc(NC(=O)c2ccc(F)cc2)cc(-c2nc3ncccc3o2)c1O. The topological polar surface area (TPSA) is 88.3 Å². The zero-order valence-corrected chi connectivity index (χ0v) is 14.2. The molecule has 2 N–H and O–H groups in total. The molecule has 0 spiro atoms. The highest BCUT2D eigenvalue weighted by atomic mass is 19.1. The van der Waals surface area contributed by atoms with Crippen molar-refractivity contribution in [3.8, 4) is 17.2 Å². The van der Waals surface area contributed by atoms with E-state index in [0.717, 1.165) is 0 Å². The van der Waals surface area contributed by atoms with E-state index in [2.05, 4.69) is 15.3 Å². The van der Waals surface area contributed by atoms with E-state index in [1.807, 2.05) is 0 Å². The summed E-state index contributed by atoms with van der Waals surface area (Å²) in [5, 5.41) is 13.1. The van der Waals surface area contributed by atoms with Crippen LogP contribution in [-0.4, -0.2) is 21.0 Å². The molecule has 4 rings (SSSR count). The Balaban J connectivity index is 1.70. The van der Waals surface area contributed by atoms with Gasteiger partial charge in [0.05, 0.1) is 5.56 Å². The van der Waals surface area contributed by atoms with Crippen LogP contribution in [0.5, 0.6) is 5.75 Å².